The summed E-state index contributed by atoms with van der Waals surface area (Å²) in [5.74, 6) is 0. The quantitative estimate of drug-likeness (QED) is 0.387. The van der Waals surface area contributed by atoms with Gasteiger partial charge in [-0.3, -0.25) is 6.08 Å². The van der Waals surface area contributed by atoms with Crippen molar-refractivity contribution in [1.29, 1.82) is 0 Å². The van der Waals surface area contributed by atoms with E-state index in [1.807, 2.05) is 20.8 Å². The molecular formula is C15H30O3PtSi. The van der Waals surface area contributed by atoms with E-state index < -0.39 is 8.80 Å². The van der Waals surface area contributed by atoms with Crippen LogP contribution in [-0.4, -0.2) is 28.6 Å². The second-order valence-corrected chi connectivity index (χ2v) is 6.05. The van der Waals surface area contributed by atoms with Gasteiger partial charge in [-0.15, -0.1) is 6.42 Å². The zero-order valence-corrected chi connectivity index (χ0v) is 17.0. The van der Waals surface area contributed by atoms with Gasteiger partial charge in [0.25, 0.3) is 0 Å². The third-order valence-corrected chi connectivity index (χ3v) is 5.27. The third kappa shape index (κ3) is 9.25. The van der Waals surface area contributed by atoms with E-state index in [0.29, 0.717) is 19.8 Å². The minimum Gasteiger partial charge on any atom is -0.374 e. The molecule has 0 fully saturated rings. The second-order valence-electron chi connectivity index (χ2n) is 3.47. The SMILES string of the molecule is CCO[Si](CC1=[C-]CC=C1)(OCC)OCC.[CH3-].[CH3-].[CH3-].[Pt+4]. The molecule has 0 aromatic rings. The maximum absolute atomic E-state index is 5.77. The molecule has 0 saturated carbocycles. The molecule has 0 atom stereocenters. The molecule has 0 N–H and O–H groups in total. The molecule has 0 radical (unpaired) electrons. The van der Waals surface area contributed by atoms with Gasteiger partial charge in [0, 0.05) is 25.9 Å². The summed E-state index contributed by atoms with van der Waals surface area (Å²) in [5.41, 5.74) is 1.15. The summed E-state index contributed by atoms with van der Waals surface area (Å²) in [7, 11) is -2.51. The second kappa shape index (κ2) is 15.7. The van der Waals surface area contributed by atoms with Crippen LogP contribution in [0.1, 0.15) is 27.2 Å². The van der Waals surface area contributed by atoms with Crippen molar-refractivity contribution in [3.8, 4) is 0 Å². The molecule has 0 saturated heterocycles. The van der Waals surface area contributed by atoms with Crippen LogP contribution in [0.5, 0.6) is 0 Å². The van der Waals surface area contributed by atoms with Gasteiger partial charge < -0.3 is 35.6 Å². The average Bonchev–Trinajstić information content (AvgIpc) is 2.71. The molecule has 0 aliphatic heterocycles. The summed E-state index contributed by atoms with van der Waals surface area (Å²) in [5, 5.41) is 0. The van der Waals surface area contributed by atoms with Crippen LogP contribution in [0.15, 0.2) is 17.7 Å². The maximum atomic E-state index is 5.77. The number of hydrogen-bond acceptors (Lipinski definition) is 3. The monoisotopic (exact) mass is 481 g/mol. The molecule has 0 spiro atoms. The third-order valence-electron chi connectivity index (χ3n) is 2.27. The Bertz CT molecular complexity index is 251. The van der Waals surface area contributed by atoms with Crippen LogP contribution >= 0.6 is 0 Å². The molecule has 1 aliphatic carbocycles. The van der Waals surface area contributed by atoms with Crippen LogP contribution in [0, 0.1) is 28.4 Å². The van der Waals surface area contributed by atoms with Gasteiger partial charge in [0.2, 0.25) is 0 Å². The molecule has 0 aromatic heterocycles. The predicted octanol–water partition coefficient (Wildman–Crippen LogP) is 4.07. The van der Waals surface area contributed by atoms with E-state index in [0.717, 1.165) is 18.0 Å². The molecule has 0 unspecified atom stereocenters. The molecule has 1 aliphatic rings. The van der Waals surface area contributed by atoms with E-state index in [9.17, 15) is 0 Å². The van der Waals surface area contributed by atoms with Crippen molar-refractivity contribution in [2.45, 2.75) is 33.2 Å². The summed E-state index contributed by atoms with van der Waals surface area (Å²) < 4.78 is 17.3. The van der Waals surface area contributed by atoms with Crippen LogP contribution < -0.4 is 0 Å². The first-order chi connectivity index (χ1) is 7.76. The van der Waals surface area contributed by atoms with Crippen LogP contribution in [0.4, 0.5) is 0 Å². The Morgan fingerprint density at radius 3 is 1.75 bits per heavy atom. The molecule has 0 amide bonds. The largest absolute Gasteiger partial charge is 4.00 e. The fourth-order valence-electron chi connectivity index (χ4n) is 1.74. The van der Waals surface area contributed by atoms with E-state index in [1.54, 1.807) is 0 Å². The molecular weight excluding hydrogens is 451 g/mol. The first-order valence-electron chi connectivity index (χ1n) is 5.94. The minimum atomic E-state index is -2.51. The number of hydrogen-bond donors (Lipinski definition) is 0. The topological polar surface area (TPSA) is 27.7 Å². The number of allylic oxidation sites excluding steroid dienone is 4. The first-order valence-corrected chi connectivity index (χ1v) is 7.87. The Kier molecular flexibility index (Phi) is 22.2. The fraction of sp³-hybridized carbons (Fsp3) is 0.533. The Hall–Kier alpha value is 0.265. The van der Waals surface area contributed by atoms with Crippen molar-refractivity contribution < 1.29 is 34.3 Å². The van der Waals surface area contributed by atoms with Gasteiger partial charge in [0.1, 0.15) is 0 Å². The zero-order chi connectivity index (χ0) is 11.9. The van der Waals surface area contributed by atoms with E-state index in [1.165, 1.54) is 0 Å². The summed E-state index contributed by atoms with van der Waals surface area (Å²) in [6, 6.07) is 0.735. The normalized spacial score (nSPS) is 12.4. The minimum absolute atomic E-state index is 0. The zero-order valence-electron chi connectivity index (χ0n) is 13.7. The van der Waals surface area contributed by atoms with E-state index in [2.05, 4.69) is 18.2 Å². The van der Waals surface area contributed by atoms with Gasteiger partial charge in [0.15, 0.2) is 0 Å². The van der Waals surface area contributed by atoms with Crippen LogP contribution in [0.2, 0.25) is 6.04 Å². The van der Waals surface area contributed by atoms with Crippen LogP contribution in [-0.2, 0) is 34.3 Å². The summed E-state index contributed by atoms with van der Waals surface area (Å²) in [6.45, 7) is 7.81. The van der Waals surface area contributed by atoms with Crippen LogP contribution in [0.25, 0.3) is 0 Å². The molecule has 122 valence electrons. The Morgan fingerprint density at radius 1 is 1.00 bits per heavy atom. The molecule has 0 heterocycles. The standard InChI is InChI=1S/C12H21O3Si.3CH3.Pt/c1-4-13-16(14-5-2,15-6-3)11-12-9-7-8-10-12;;;;/h7,9H,4-6,8,11H2,1-3H3;3*1H3;/q4*-1;+4. The molecule has 3 nitrogen and oxygen atoms in total. The van der Waals surface area contributed by atoms with Gasteiger partial charge in [-0.2, -0.15) is 6.08 Å². The van der Waals surface area contributed by atoms with E-state index >= 15 is 0 Å². The maximum Gasteiger partial charge on any atom is 4.00 e. The number of rotatable bonds is 8. The van der Waals surface area contributed by atoms with Gasteiger partial charge in [-0.25, -0.2) is 11.6 Å². The van der Waals surface area contributed by atoms with E-state index in [-0.39, 0.29) is 43.3 Å². The Balaban J connectivity index is -0.000000320. The summed E-state index contributed by atoms with van der Waals surface area (Å²) in [6.07, 6.45) is 8.36. The molecule has 0 aromatic carbocycles. The molecule has 1 rings (SSSR count). The summed E-state index contributed by atoms with van der Waals surface area (Å²) >= 11 is 0. The van der Waals surface area contributed by atoms with Crippen molar-refractivity contribution in [2.24, 2.45) is 0 Å². The van der Waals surface area contributed by atoms with E-state index in [4.69, 9.17) is 13.3 Å². The van der Waals surface area contributed by atoms with Gasteiger partial charge >= 0.3 is 29.9 Å². The predicted molar refractivity (Wildman–Crippen MR) is 85.2 cm³/mol. The first kappa shape index (κ1) is 28.4. The van der Waals surface area contributed by atoms with Crippen molar-refractivity contribution in [3.05, 3.63) is 46.1 Å². The van der Waals surface area contributed by atoms with Gasteiger partial charge in [-0.05, 0) is 20.8 Å². The Labute approximate surface area is 142 Å². The smallest absolute Gasteiger partial charge is 0.374 e. The van der Waals surface area contributed by atoms with Crippen molar-refractivity contribution in [2.75, 3.05) is 19.8 Å². The Morgan fingerprint density at radius 2 is 1.45 bits per heavy atom. The van der Waals surface area contributed by atoms with Crippen LogP contribution in [0.3, 0.4) is 0 Å². The molecule has 20 heavy (non-hydrogen) atoms. The molecule has 5 heteroatoms. The van der Waals surface area contributed by atoms with Crippen molar-refractivity contribution in [3.63, 3.8) is 0 Å². The average molecular weight is 482 g/mol. The fourth-order valence-corrected chi connectivity index (χ4v) is 4.33. The van der Waals surface area contributed by atoms with Crippen molar-refractivity contribution in [1.82, 2.24) is 0 Å². The van der Waals surface area contributed by atoms with Crippen molar-refractivity contribution >= 4 is 8.80 Å². The van der Waals surface area contributed by atoms with Gasteiger partial charge in [-0.1, -0.05) is 0 Å². The van der Waals surface area contributed by atoms with Gasteiger partial charge in [0.05, 0.1) is 0 Å². The molecule has 0 bridgehead atoms. The summed E-state index contributed by atoms with van der Waals surface area (Å²) in [4.78, 5) is 0.